The predicted molar refractivity (Wildman–Crippen MR) is 37.7 cm³/mol. The summed E-state index contributed by atoms with van der Waals surface area (Å²) in [5.74, 6) is 0.625. The molecular weight excluding hydrogens is 136 g/mol. The first-order valence-electron chi connectivity index (χ1n) is 2.66. The molecule has 0 aliphatic rings. The van der Waals surface area contributed by atoms with Gasteiger partial charge >= 0.3 is 0 Å². The lowest BCUT2D eigenvalue weighted by molar-refractivity contribution is 0.329. The van der Waals surface area contributed by atoms with Gasteiger partial charge in [-0.15, -0.1) is 11.3 Å². The van der Waals surface area contributed by atoms with Gasteiger partial charge in [-0.2, -0.15) is 4.98 Å². The van der Waals surface area contributed by atoms with E-state index < -0.39 is 0 Å². The normalized spacial score (nSPS) is 9.44. The topological polar surface area (TPSA) is 48.1 Å². The van der Waals surface area contributed by atoms with E-state index in [1.807, 2.05) is 6.92 Å². The highest BCUT2D eigenvalue weighted by molar-refractivity contribution is 7.13. The fourth-order valence-corrected chi connectivity index (χ4v) is 0.971. The average molecular weight is 144 g/mol. The molecule has 0 fully saturated rings. The molecule has 3 nitrogen and oxygen atoms in total. The third kappa shape index (κ3) is 1.57. The number of ether oxygens (including phenoxy) is 1. The highest BCUT2D eigenvalue weighted by Crippen LogP contribution is 2.16. The maximum absolute atomic E-state index is 5.34. The molecule has 0 amide bonds. The van der Waals surface area contributed by atoms with E-state index in [1.54, 1.807) is 5.38 Å². The van der Waals surface area contributed by atoms with E-state index in [-0.39, 0.29) is 0 Å². The molecule has 1 rings (SSSR count). The van der Waals surface area contributed by atoms with Gasteiger partial charge in [0.2, 0.25) is 5.88 Å². The van der Waals surface area contributed by atoms with Crippen LogP contribution in [0.5, 0.6) is 5.88 Å². The summed E-state index contributed by atoms with van der Waals surface area (Å²) in [6.45, 7) is 2.55. The molecule has 0 aliphatic heterocycles. The van der Waals surface area contributed by atoms with Crippen molar-refractivity contribution in [3.8, 4) is 5.88 Å². The first-order chi connectivity index (χ1) is 4.33. The van der Waals surface area contributed by atoms with Crippen molar-refractivity contribution in [2.75, 3.05) is 12.3 Å². The zero-order chi connectivity index (χ0) is 6.69. The number of nitrogen functional groups attached to an aromatic ring is 1. The van der Waals surface area contributed by atoms with Gasteiger partial charge in [-0.05, 0) is 6.92 Å². The minimum Gasteiger partial charge on any atom is -0.477 e. The Labute approximate surface area is 57.5 Å². The van der Waals surface area contributed by atoms with Crippen molar-refractivity contribution in [1.29, 1.82) is 0 Å². The number of thiazole rings is 1. The maximum Gasteiger partial charge on any atom is 0.226 e. The number of aromatic nitrogens is 1. The van der Waals surface area contributed by atoms with E-state index in [9.17, 15) is 0 Å². The number of nitrogens with two attached hydrogens (primary N) is 1. The van der Waals surface area contributed by atoms with Gasteiger partial charge in [-0.25, -0.2) is 0 Å². The van der Waals surface area contributed by atoms with Crippen molar-refractivity contribution in [3.63, 3.8) is 0 Å². The van der Waals surface area contributed by atoms with Crippen LogP contribution in [0.3, 0.4) is 0 Å². The third-order valence-corrected chi connectivity index (χ3v) is 1.45. The smallest absolute Gasteiger partial charge is 0.226 e. The quantitative estimate of drug-likeness (QED) is 0.676. The molecule has 0 spiro atoms. The molecule has 1 heterocycles. The summed E-state index contributed by atoms with van der Waals surface area (Å²) in [5, 5.41) is 2.34. The molecular formula is C5H8N2OS. The van der Waals surface area contributed by atoms with Gasteiger partial charge in [0.1, 0.15) is 0 Å². The minimum atomic E-state index is 0.554. The van der Waals surface area contributed by atoms with Crippen LogP contribution < -0.4 is 10.5 Å². The van der Waals surface area contributed by atoms with Crippen LogP contribution in [0.15, 0.2) is 5.38 Å². The van der Waals surface area contributed by atoms with Gasteiger partial charge < -0.3 is 10.5 Å². The van der Waals surface area contributed by atoms with Crippen molar-refractivity contribution < 1.29 is 4.74 Å². The fraction of sp³-hybridized carbons (Fsp3) is 0.400. The van der Waals surface area contributed by atoms with E-state index >= 15 is 0 Å². The van der Waals surface area contributed by atoms with Crippen molar-refractivity contribution in [2.45, 2.75) is 6.92 Å². The Morgan fingerprint density at radius 3 is 3.11 bits per heavy atom. The van der Waals surface area contributed by atoms with Gasteiger partial charge in [-0.1, -0.05) is 0 Å². The van der Waals surface area contributed by atoms with Crippen molar-refractivity contribution in [2.24, 2.45) is 0 Å². The van der Waals surface area contributed by atoms with Gasteiger partial charge in [0.15, 0.2) is 5.13 Å². The van der Waals surface area contributed by atoms with Gasteiger partial charge in [0.25, 0.3) is 0 Å². The molecule has 0 aliphatic carbocycles. The second kappa shape index (κ2) is 2.68. The lowest BCUT2D eigenvalue weighted by atomic mass is 10.8. The number of nitrogens with zero attached hydrogens (tertiary/aromatic N) is 1. The fourth-order valence-electron chi connectivity index (χ4n) is 0.486. The molecule has 2 N–H and O–H groups in total. The highest BCUT2D eigenvalue weighted by Gasteiger charge is 1.95. The molecule has 0 saturated heterocycles. The molecule has 4 heteroatoms. The Morgan fingerprint density at radius 1 is 1.89 bits per heavy atom. The predicted octanol–water partition coefficient (Wildman–Crippen LogP) is 1.12. The van der Waals surface area contributed by atoms with Crippen LogP contribution >= 0.6 is 11.3 Å². The standard InChI is InChI=1S/C5H8N2OS/c1-2-8-4-3-9-5(6)7-4/h3H,2H2,1H3,(H2,6,7). The van der Waals surface area contributed by atoms with E-state index in [1.165, 1.54) is 11.3 Å². The highest BCUT2D eigenvalue weighted by atomic mass is 32.1. The maximum atomic E-state index is 5.34. The van der Waals surface area contributed by atoms with E-state index in [4.69, 9.17) is 10.5 Å². The Morgan fingerprint density at radius 2 is 2.67 bits per heavy atom. The Bertz CT molecular complexity index is 187. The Hall–Kier alpha value is -0.770. The number of hydrogen-bond donors (Lipinski definition) is 1. The first-order valence-corrected chi connectivity index (χ1v) is 3.54. The third-order valence-electron chi connectivity index (χ3n) is 0.793. The summed E-state index contributed by atoms with van der Waals surface area (Å²) in [6.07, 6.45) is 0. The SMILES string of the molecule is CCOc1csc(N)n1. The zero-order valence-electron chi connectivity index (χ0n) is 5.13. The Kier molecular flexibility index (Phi) is 1.89. The lowest BCUT2D eigenvalue weighted by Crippen LogP contribution is -1.91. The number of anilines is 1. The molecule has 0 atom stereocenters. The van der Waals surface area contributed by atoms with Crippen molar-refractivity contribution in [1.82, 2.24) is 4.98 Å². The first kappa shape index (κ1) is 6.35. The second-order valence-electron chi connectivity index (χ2n) is 1.46. The van der Waals surface area contributed by atoms with Crippen LogP contribution in [0.1, 0.15) is 6.92 Å². The second-order valence-corrected chi connectivity index (χ2v) is 2.35. The minimum absolute atomic E-state index is 0.554. The molecule has 0 unspecified atom stereocenters. The Balaban J connectivity index is 2.61. The number of rotatable bonds is 2. The van der Waals surface area contributed by atoms with Gasteiger partial charge in [0, 0.05) is 0 Å². The van der Waals surface area contributed by atoms with Crippen molar-refractivity contribution >= 4 is 16.5 Å². The van der Waals surface area contributed by atoms with Gasteiger partial charge in [-0.3, -0.25) is 0 Å². The van der Waals surface area contributed by atoms with Crippen LogP contribution in [0.4, 0.5) is 5.13 Å². The summed E-state index contributed by atoms with van der Waals surface area (Å²) < 4.78 is 5.05. The molecule has 9 heavy (non-hydrogen) atoms. The summed E-state index contributed by atoms with van der Waals surface area (Å²) in [4.78, 5) is 3.87. The molecule has 0 saturated carbocycles. The van der Waals surface area contributed by atoms with E-state index in [2.05, 4.69) is 4.98 Å². The van der Waals surface area contributed by atoms with Crippen LogP contribution in [-0.2, 0) is 0 Å². The summed E-state index contributed by atoms with van der Waals surface area (Å²) in [6, 6.07) is 0. The van der Waals surface area contributed by atoms with Crippen LogP contribution in [-0.4, -0.2) is 11.6 Å². The summed E-state index contributed by atoms with van der Waals surface area (Å²) in [5.41, 5.74) is 5.34. The van der Waals surface area contributed by atoms with Gasteiger partial charge in [0.05, 0.1) is 12.0 Å². The molecule has 1 aromatic heterocycles. The van der Waals surface area contributed by atoms with Crippen LogP contribution in [0, 0.1) is 0 Å². The van der Waals surface area contributed by atoms with E-state index in [0.29, 0.717) is 17.6 Å². The van der Waals surface area contributed by atoms with Crippen LogP contribution in [0.25, 0.3) is 0 Å². The summed E-state index contributed by atoms with van der Waals surface area (Å²) >= 11 is 1.39. The molecule has 0 radical (unpaired) electrons. The summed E-state index contributed by atoms with van der Waals surface area (Å²) in [7, 11) is 0. The zero-order valence-corrected chi connectivity index (χ0v) is 5.94. The number of hydrogen-bond acceptors (Lipinski definition) is 4. The van der Waals surface area contributed by atoms with Crippen molar-refractivity contribution in [3.05, 3.63) is 5.38 Å². The van der Waals surface area contributed by atoms with Crippen LogP contribution in [0.2, 0.25) is 0 Å². The molecule has 1 aromatic rings. The molecule has 0 aromatic carbocycles. The van der Waals surface area contributed by atoms with E-state index in [0.717, 1.165) is 0 Å². The molecule has 50 valence electrons. The monoisotopic (exact) mass is 144 g/mol. The largest absolute Gasteiger partial charge is 0.477 e. The lowest BCUT2D eigenvalue weighted by Gasteiger charge is -1.92. The average Bonchev–Trinajstić information content (AvgIpc) is 2.17. The molecule has 0 bridgehead atoms.